The third kappa shape index (κ3) is 5.36. The van der Waals surface area contributed by atoms with E-state index in [1.807, 2.05) is 4.90 Å². The molecule has 8 unspecified atom stereocenters. The molecule has 256 valence electrons. The number of benzene rings is 2. The largest absolute Gasteiger partial charge is 0.507 e. The van der Waals surface area contributed by atoms with Crippen molar-refractivity contribution >= 4 is 17.3 Å². The van der Waals surface area contributed by atoms with Gasteiger partial charge < -0.3 is 44.5 Å². The molecular formula is C34H38N2O12. The number of aromatic hydroxyl groups is 2. The molecule has 2 aliphatic heterocycles. The number of methoxy groups -OCH3 is 2. The molecule has 5 N–H and O–H groups in total. The van der Waals surface area contributed by atoms with Gasteiger partial charge in [0.25, 0.3) is 0 Å². The number of hydrogen-bond acceptors (Lipinski definition) is 14. The van der Waals surface area contributed by atoms with Crippen LogP contribution in [0.4, 0.5) is 0 Å². The molecule has 8 atom stereocenters. The first-order valence-corrected chi connectivity index (χ1v) is 15.8. The van der Waals surface area contributed by atoms with E-state index in [-0.39, 0.29) is 40.5 Å². The molecule has 2 heterocycles. The summed E-state index contributed by atoms with van der Waals surface area (Å²) in [6, 6.07) is 5.49. The molecule has 14 heteroatoms. The van der Waals surface area contributed by atoms with Gasteiger partial charge in [0.15, 0.2) is 17.9 Å². The van der Waals surface area contributed by atoms with Crippen molar-refractivity contribution in [2.45, 2.75) is 87.4 Å². The number of aliphatic hydroxyl groups excluding tert-OH is 2. The van der Waals surface area contributed by atoms with Crippen LogP contribution in [0.2, 0.25) is 0 Å². The number of ether oxygens (including phenoxy) is 4. The first-order chi connectivity index (χ1) is 22.9. The standard InChI is InChI=1S/C34H38N2O12/c1-15-29(39)20(36-8-7-17(45-2)9-16(36)13-35)10-24(47-15)48-22-12-34(44,23(38)14-37)11-19-26(22)33(43)28-27(31(19)41)30(40)18-5-4-6-21(46-3)25(18)32(28)42/h4-6,15-17,20,22,24,29,37,39,41,43-44H,7-12,14H2,1-3H3. The number of ketones is 3. The minimum atomic E-state index is -2.29. The molecule has 2 aliphatic carbocycles. The second-order valence-corrected chi connectivity index (χ2v) is 12.8. The summed E-state index contributed by atoms with van der Waals surface area (Å²) < 4.78 is 23.1. The van der Waals surface area contributed by atoms with Crippen molar-refractivity contribution in [1.82, 2.24) is 4.90 Å². The Bertz CT molecular complexity index is 1700. The number of phenolic OH excluding ortho intramolecular Hbond substituents is 2. The number of nitriles is 1. The topological polar surface area (TPSA) is 216 Å². The Hall–Kier alpha value is -3.94. The molecule has 0 radical (unpaired) electrons. The highest BCUT2D eigenvalue weighted by Gasteiger charge is 2.51. The Morgan fingerprint density at radius 2 is 1.85 bits per heavy atom. The van der Waals surface area contributed by atoms with Crippen molar-refractivity contribution in [2.24, 2.45) is 0 Å². The summed E-state index contributed by atoms with van der Waals surface area (Å²) >= 11 is 0. The number of piperidine rings is 1. The lowest BCUT2D eigenvalue weighted by Gasteiger charge is -2.48. The van der Waals surface area contributed by atoms with Crippen LogP contribution in [0.3, 0.4) is 0 Å². The van der Waals surface area contributed by atoms with E-state index in [0.717, 1.165) is 0 Å². The molecule has 0 bridgehead atoms. The number of carbonyl (C=O) groups excluding carboxylic acids is 3. The summed E-state index contributed by atoms with van der Waals surface area (Å²) in [5, 5.41) is 65.7. The Kier molecular flexibility index (Phi) is 9.07. The molecule has 2 fully saturated rings. The van der Waals surface area contributed by atoms with Crippen molar-refractivity contribution in [3.8, 4) is 23.3 Å². The summed E-state index contributed by atoms with van der Waals surface area (Å²) in [6.07, 6.45) is -4.42. The van der Waals surface area contributed by atoms with Crippen LogP contribution in [0, 0.1) is 11.3 Å². The summed E-state index contributed by atoms with van der Waals surface area (Å²) in [5.74, 6) is -3.86. The number of rotatable bonds is 7. The number of phenols is 2. The van der Waals surface area contributed by atoms with E-state index in [1.54, 1.807) is 14.0 Å². The lowest BCUT2D eigenvalue weighted by atomic mass is 9.72. The zero-order valence-electron chi connectivity index (χ0n) is 26.7. The Morgan fingerprint density at radius 1 is 1.12 bits per heavy atom. The zero-order chi connectivity index (χ0) is 34.7. The van der Waals surface area contributed by atoms with E-state index in [1.165, 1.54) is 25.3 Å². The smallest absolute Gasteiger partial charge is 0.202 e. The predicted octanol–water partition coefficient (Wildman–Crippen LogP) is 1.05. The normalized spacial score (nSPS) is 31.7. The van der Waals surface area contributed by atoms with Gasteiger partial charge in [0, 0.05) is 62.1 Å². The number of likely N-dealkylation sites (tertiary alicyclic amines) is 1. The molecule has 0 aromatic heterocycles. The number of Topliss-reactive ketones (excluding diaryl/α,β-unsaturated/α-hetero) is 1. The van der Waals surface area contributed by atoms with Crippen LogP contribution in [0.5, 0.6) is 17.2 Å². The van der Waals surface area contributed by atoms with Crippen LogP contribution < -0.4 is 4.74 Å². The molecule has 6 rings (SSSR count). The first-order valence-electron chi connectivity index (χ1n) is 15.8. The first kappa shape index (κ1) is 33.9. The van der Waals surface area contributed by atoms with Gasteiger partial charge in [-0.2, -0.15) is 5.26 Å². The van der Waals surface area contributed by atoms with Crippen LogP contribution in [-0.2, 0) is 25.4 Å². The van der Waals surface area contributed by atoms with Crippen LogP contribution in [-0.4, -0.2) is 117 Å². The minimum Gasteiger partial charge on any atom is -0.507 e. The van der Waals surface area contributed by atoms with Gasteiger partial charge in [0.05, 0.1) is 54.3 Å². The molecular weight excluding hydrogens is 628 g/mol. The number of hydrogen-bond donors (Lipinski definition) is 5. The number of aliphatic hydroxyl groups is 3. The molecule has 0 saturated carbocycles. The van der Waals surface area contributed by atoms with E-state index < -0.39 is 102 Å². The summed E-state index contributed by atoms with van der Waals surface area (Å²) in [7, 11) is 2.90. The van der Waals surface area contributed by atoms with Crippen molar-refractivity contribution in [1.29, 1.82) is 5.26 Å². The lowest BCUT2D eigenvalue weighted by molar-refractivity contribution is -0.261. The minimum absolute atomic E-state index is 0.0409. The van der Waals surface area contributed by atoms with Gasteiger partial charge in [0.1, 0.15) is 35.5 Å². The van der Waals surface area contributed by atoms with Gasteiger partial charge in [-0.25, -0.2) is 0 Å². The van der Waals surface area contributed by atoms with Gasteiger partial charge in [-0.15, -0.1) is 0 Å². The van der Waals surface area contributed by atoms with Gasteiger partial charge >= 0.3 is 0 Å². The summed E-state index contributed by atoms with van der Waals surface area (Å²) in [6.45, 7) is 1.04. The second kappa shape index (κ2) is 12.8. The average Bonchev–Trinajstić information content (AvgIpc) is 3.08. The number of fused-ring (bicyclic) bond motifs is 3. The third-order valence-corrected chi connectivity index (χ3v) is 10.2. The quantitative estimate of drug-likeness (QED) is 0.223. The maximum atomic E-state index is 13.9. The SMILES string of the molecule is COc1cccc2c1C(=O)c1c(O)c3c(c(O)c1C2=O)CC(O)(C(=O)CO)CC3OC1CC(N2CCC(OC)CC2C#N)C(O)C(C)O1. The maximum Gasteiger partial charge on any atom is 0.202 e. The van der Waals surface area contributed by atoms with Crippen molar-refractivity contribution in [2.75, 3.05) is 27.4 Å². The molecule has 4 aliphatic rings. The van der Waals surface area contributed by atoms with Crippen LogP contribution >= 0.6 is 0 Å². The zero-order valence-corrected chi connectivity index (χ0v) is 26.7. The van der Waals surface area contributed by atoms with Crippen LogP contribution in [0.25, 0.3) is 0 Å². The van der Waals surface area contributed by atoms with E-state index in [4.69, 9.17) is 18.9 Å². The average molecular weight is 667 g/mol. The fourth-order valence-electron chi connectivity index (χ4n) is 7.71. The predicted molar refractivity (Wildman–Crippen MR) is 164 cm³/mol. The molecule has 14 nitrogen and oxygen atoms in total. The van der Waals surface area contributed by atoms with Crippen LogP contribution in [0.15, 0.2) is 18.2 Å². The second-order valence-electron chi connectivity index (χ2n) is 12.8. The van der Waals surface area contributed by atoms with Crippen LogP contribution in [0.1, 0.15) is 81.7 Å². The fourth-order valence-corrected chi connectivity index (χ4v) is 7.71. The van der Waals surface area contributed by atoms with E-state index in [0.29, 0.717) is 19.4 Å². The molecule has 0 amide bonds. The van der Waals surface area contributed by atoms with Crippen molar-refractivity contribution in [3.05, 3.63) is 51.6 Å². The molecule has 2 saturated heterocycles. The molecule has 2 aromatic carbocycles. The van der Waals surface area contributed by atoms with Gasteiger partial charge in [-0.05, 0) is 19.4 Å². The van der Waals surface area contributed by atoms with E-state index in [9.17, 15) is 45.2 Å². The van der Waals surface area contributed by atoms with Gasteiger partial charge in [-0.1, -0.05) is 12.1 Å². The number of nitrogens with zero attached hydrogens (tertiary/aromatic N) is 2. The Balaban J connectivity index is 1.42. The highest BCUT2D eigenvalue weighted by molar-refractivity contribution is 6.31. The molecule has 48 heavy (non-hydrogen) atoms. The summed E-state index contributed by atoms with van der Waals surface area (Å²) in [4.78, 5) is 42.4. The third-order valence-electron chi connectivity index (χ3n) is 10.2. The maximum absolute atomic E-state index is 13.9. The molecule has 2 aromatic rings. The van der Waals surface area contributed by atoms with Gasteiger partial charge in [0.2, 0.25) is 5.78 Å². The Labute approximate surface area is 276 Å². The monoisotopic (exact) mass is 666 g/mol. The van der Waals surface area contributed by atoms with Crippen molar-refractivity contribution in [3.63, 3.8) is 0 Å². The van der Waals surface area contributed by atoms with E-state index in [2.05, 4.69) is 6.07 Å². The lowest BCUT2D eigenvalue weighted by Crippen LogP contribution is -2.60. The highest BCUT2D eigenvalue weighted by Crippen LogP contribution is 2.52. The summed E-state index contributed by atoms with van der Waals surface area (Å²) in [5.41, 5.74) is -3.76. The fraction of sp³-hybridized carbons (Fsp3) is 0.529. The highest BCUT2D eigenvalue weighted by atomic mass is 16.7. The molecule has 0 spiro atoms. The van der Waals surface area contributed by atoms with E-state index >= 15 is 0 Å². The number of carbonyl (C=O) groups is 3. The van der Waals surface area contributed by atoms with Crippen molar-refractivity contribution < 1.29 is 58.9 Å². The Morgan fingerprint density at radius 3 is 2.52 bits per heavy atom. The van der Waals surface area contributed by atoms with Gasteiger partial charge in [-0.3, -0.25) is 19.3 Å².